The van der Waals surface area contributed by atoms with E-state index in [-0.39, 0.29) is 0 Å². The van der Waals surface area contributed by atoms with Crippen molar-refractivity contribution >= 4 is 11.4 Å². The van der Waals surface area contributed by atoms with Crippen molar-refractivity contribution in [3.8, 4) is 0 Å². The lowest BCUT2D eigenvalue weighted by Gasteiger charge is -2.41. The number of piperazine rings is 1. The largest absolute Gasteiger partial charge is 0.372 e. The van der Waals surface area contributed by atoms with Crippen LogP contribution in [0.2, 0.25) is 0 Å². The minimum atomic E-state index is 0.299. The van der Waals surface area contributed by atoms with Gasteiger partial charge in [-0.25, -0.2) is 0 Å². The van der Waals surface area contributed by atoms with Crippen LogP contribution in [0.25, 0.3) is 0 Å². The van der Waals surface area contributed by atoms with Crippen LogP contribution >= 0.6 is 0 Å². The average molecular weight is 456 g/mol. The molecule has 1 aromatic carbocycles. The van der Waals surface area contributed by atoms with Crippen molar-refractivity contribution in [1.82, 2.24) is 4.90 Å². The Morgan fingerprint density at radius 1 is 0.909 bits per heavy atom. The summed E-state index contributed by atoms with van der Waals surface area (Å²) in [5, 5.41) is 0. The number of unbranched alkanes of at least 4 members (excludes halogenated alkanes) is 2. The predicted octanol–water partition coefficient (Wildman–Crippen LogP) is 6.30. The zero-order valence-corrected chi connectivity index (χ0v) is 22.1. The minimum Gasteiger partial charge on any atom is -0.372 e. The van der Waals surface area contributed by atoms with E-state index < -0.39 is 0 Å². The van der Waals surface area contributed by atoms with Crippen molar-refractivity contribution in [2.75, 3.05) is 55.6 Å². The maximum Gasteiger partial charge on any atom is 0.0726 e. The van der Waals surface area contributed by atoms with Gasteiger partial charge in [-0.15, -0.1) is 0 Å². The van der Waals surface area contributed by atoms with E-state index in [0.717, 1.165) is 13.1 Å². The van der Waals surface area contributed by atoms with Crippen molar-refractivity contribution in [2.24, 2.45) is 5.41 Å². The molecular formula is C29H49N3O. The molecule has 4 rings (SSSR count). The summed E-state index contributed by atoms with van der Waals surface area (Å²) in [6.45, 7) is 19.7. The highest BCUT2D eigenvalue weighted by molar-refractivity contribution is 5.64. The van der Waals surface area contributed by atoms with Gasteiger partial charge < -0.3 is 14.5 Å². The lowest BCUT2D eigenvalue weighted by molar-refractivity contribution is -0.00522. The lowest BCUT2D eigenvalue weighted by atomic mass is 9.71. The average Bonchev–Trinajstić information content (AvgIpc) is 2.79. The number of hydrogen-bond acceptors (Lipinski definition) is 4. The van der Waals surface area contributed by atoms with E-state index in [1.807, 2.05) is 0 Å². The Morgan fingerprint density at radius 2 is 1.58 bits per heavy atom. The summed E-state index contributed by atoms with van der Waals surface area (Å²) in [7, 11) is 0. The normalized spacial score (nSPS) is 27.2. The Morgan fingerprint density at radius 3 is 2.21 bits per heavy atom. The maximum absolute atomic E-state index is 6.02. The molecular weight excluding hydrogens is 406 g/mol. The predicted molar refractivity (Wildman–Crippen MR) is 142 cm³/mol. The molecule has 2 saturated heterocycles. The second-order valence-corrected chi connectivity index (χ2v) is 11.9. The maximum atomic E-state index is 6.02. The number of anilines is 2. The topological polar surface area (TPSA) is 19.0 Å². The van der Waals surface area contributed by atoms with Gasteiger partial charge in [0.1, 0.15) is 0 Å². The Balaban J connectivity index is 1.52. The fraction of sp³-hybridized carbons (Fsp3) is 0.793. The summed E-state index contributed by atoms with van der Waals surface area (Å²) in [5.74, 6) is 0.700. The van der Waals surface area contributed by atoms with Crippen LogP contribution in [0.5, 0.6) is 0 Å². The molecule has 0 bridgehead atoms. The van der Waals surface area contributed by atoms with Crippen LogP contribution in [0, 0.1) is 5.41 Å². The summed E-state index contributed by atoms with van der Waals surface area (Å²) < 4.78 is 6.02. The van der Waals surface area contributed by atoms with Crippen LogP contribution < -0.4 is 9.80 Å². The van der Waals surface area contributed by atoms with E-state index in [0.29, 0.717) is 23.5 Å². The van der Waals surface area contributed by atoms with E-state index in [4.69, 9.17) is 4.74 Å². The molecule has 2 aliphatic heterocycles. The highest BCUT2D eigenvalue weighted by Crippen LogP contribution is 2.46. The van der Waals surface area contributed by atoms with Gasteiger partial charge in [-0.2, -0.15) is 0 Å². The third-order valence-corrected chi connectivity index (χ3v) is 8.37. The number of nitrogens with zero attached hydrogens (tertiary/aromatic N) is 3. The first kappa shape index (κ1) is 24.9. The van der Waals surface area contributed by atoms with Crippen LogP contribution in [0.1, 0.15) is 91.0 Å². The van der Waals surface area contributed by atoms with E-state index in [2.05, 4.69) is 67.5 Å². The number of morpholine rings is 1. The molecule has 186 valence electrons. The summed E-state index contributed by atoms with van der Waals surface area (Å²) >= 11 is 0. The van der Waals surface area contributed by atoms with Crippen molar-refractivity contribution in [3.05, 3.63) is 23.8 Å². The SMILES string of the molecule is CCCCCN1CCN(c2ccc(N3CC(C)OC(C)C3)cc2C2CCC(C)(C)CC2)CC1. The first-order chi connectivity index (χ1) is 15.8. The molecule has 1 saturated carbocycles. The summed E-state index contributed by atoms with van der Waals surface area (Å²) in [5.41, 5.74) is 5.05. The molecule has 1 aromatic rings. The molecule has 2 unspecified atom stereocenters. The van der Waals surface area contributed by atoms with E-state index in [1.165, 1.54) is 89.0 Å². The van der Waals surface area contributed by atoms with Crippen molar-refractivity contribution in [1.29, 1.82) is 0 Å². The second-order valence-electron chi connectivity index (χ2n) is 11.9. The molecule has 0 aromatic heterocycles. The van der Waals surface area contributed by atoms with Crippen molar-refractivity contribution < 1.29 is 4.74 Å². The number of hydrogen-bond donors (Lipinski definition) is 0. The van der Waals surface area contributed by atoms with Crippen LogP contribution in [0.3, 0.4) is 0 Å². The molecule has 4 nitrogen and oxygen atoms in total. The second kappa shape index (κ2) is 11.0. The molecule has 4 heteroatoms. The highest BCUT2D eigenvalue weighted by Gasteiger charge is 2.31. The first-order valence-electron chi connectivity index (χ1n) is 13.9. The number of ether oxygens (including phenoxy) is 1. The molecule has 2 heterocycles. The molecule has 0 radical (unpaired) electrons. The molecule has 0 amide bonds. The molecule has 0 spiro atoms. The van der Waals surface area contributed by atoms with Gasteiger partial charge in [0.2, 0.25) is 0 Å². The molecule has 0 N–H and O–H groups in total. The zero-order valence-electron chi connectivity index (χ0n) is 22.1. The third-order valence-electron chi connectivity index (χ3n) is 8.37. The van der Waals surface area contributed by atoms with Crippen LogP contribution in [-0.2, 0) is 4.74 Å². The molecule has 2 atom stereocenters. The van der Waals surface area contributed by atoms with Crippen molar-refractivity contribution in [2.45, 2.75) is 97.7 Å². The van der Waals surface area contributed by atoms with Gasteiger partial charge in [-0.3, -0.25) is 4.90 Å². The molecule has 33 heavy (non-hydrogen) atoms. The molecule has 3 fully saturated rings. The van der Waals surface area contributed by atoms with E-state index >= 15 is 0 Å². The van der Waals surface area contributed by atoms with Crippen molar-refractivity contribution in [3.63, 3.8) is 0 Å². The Kier molecular flexibility index (Phi) is 8.28. The van der Waals surface area contributed by atoms with Crippen LogP contribution in [0.15, 0.2) is 18.2 Å². The molecule has 3 aliphatic rings. The van der Waals surface area contributed by atoms with Gasteiger partial charge >= 0.3 is 0 Å². The Bertz CT molecular complexity index is 735. The standard InChI is InChI=1S/C29H49N3O/c1-6-7-8-15-30-16-18-31(19-17-30)28-10-9-26(32-21-23(2)33-24(3)22-32)20-27(28)25-11-13-29(4,5)14-12-25/h9-10,20,23-25H,6-8,11-19,21-22H2,1-5H3. The van der Waals surface area contributed by atoms with Gasteiger partial charge in [0, 0.05) is 50.6 Å². The third kappa shape index (κ3) is 6.45. The Hall–Kier alpha value is -1.26. The zero-order chi connectivity index (χ0) is 23.4. The summed E-state index contributed by atoms with van der Waals surface area (Å²) in [4.78, 5) is 7.93. The lowest BCUT2D eigenvalue weighted by Crippen LogP contribution is -2.47. The minimum absolute atomic E-state index is 0.299. The highest BCUT2D eigenvalue weighted by atomic mass is 16.5. The van der Waals surface area contributed by atoms with Crippen LogP contribution in [0.4, 0.5) is 11.4 Å². The van der Waals surface area contributed by atoms with Gasteiger partial charge in [0.15, 0.2) is 0 Å². The fourth-order valence-corrected chi connectivity index (χ4v) is 6.25. The van der Waals surface area contributed by atoms with E-state index in [1.54, 1.807) is 5.56 Å². The summed E-state index contributed by atoms with van der Waals surface area (Å²) in [6, 6.07) is 7.42. The summed E-state index contributed by atoms with van der Waals surface area (Å²) in [6.07, 6.45) is 9.98. The number of rotatable bonds is 7. The monoisotopic (exact) mass is 455 g/mol. The Labute approximate surface area is 203 Å². The quantitative estimate of drug-likeness (QED) is 0.449. The van der Waals surface area contributed by atoms with E-state index in [9.17, 15) is 0 Å². The fourth-order valence-electron chi connectivity index (χ4n) is 6.25. The van der Waals surface area contributed by atoms with Gasteiger partial charge in [-0.05, 0) is 87.6 Å². The molecule has 1 aliphatic carbocycles. The number of benzene rings is 1. The first-order valence-corrected chi connectivity index (χ1v) is 13.9. The van der Waals surface area contributed by atoms with Crippen LogP contribution in [-0.4, -0.2) is 62.9 Å². The van der Waals surface area contributed by atoms with Gasteiger partial charge in [0.25, 0.3) is 0 Å². The van der Waals surface area contributed by atoms with Gasteiger partial charge in [-0.1, -0.05) is 33.6 Å². The van der Waals surface area contributed by atoms with Gasteiger partial charge in [0.05, 0.1) is 12.2 Å². The smallest absolute Gasteiger partial charge is 0.0726 e.